The fourth-order valence-corrected chi connectivity index (χ4v) is 1.76. The number of carbonyl (C=O) groups is 1. The van der Waals surface area contributed by atoms with Crippen molar-refractivity contribution in [3.63, 3.8) is 0 Å². The zero-order valence-electron chi connectivity index (χ0n) is 9.78. The van der Waals surface area contributed by atoms with Gasteiger partial charge in [0.15, 0.2) is 0 Å². The van der Waals surface area contributed by atoms with E-state index in [-0.39, 0.29) is 5.91 Å². The lowest BCUT2D eigenvalue weighted by Crippen LogP contribution is -2.34. The predicted octanol–water partition coefficient (Wildman–Crippen LogP) is 1.66. The van der Waals surface area contributed by atoms with Gasteiger partial charge in [-0.1, -0.05) is 29.9 Å². The number of likely N-dealkylation sites (N-methyl/N-ethyl adjacent to an activating group) is 1. The molecule has 0 saturated heterocycles. The van der Waals surface area contributed by atoms with E-state index >= 15 is 0 Å². The van der Waals surface area contributed by atoms with Crippen molar-refractivity contribution in [1.29, 1.82) is 0 Å². The van der Waals surface area contributed by atoms with E-state index in [1.54, 1.807) is 7.05 Å². The Hall–Kier alpha value is -1.42. The first-order chi connectivity index (χ1) is 7.41. The van der Waals surface area contributed by atoms with Gasteiger partial charge in [0.2, 0.25) is 0 Å². The van der Waals surface area contributed by atoms with Gasteiger partial charge in [-0.2, -0.15) is 0 Å². The van der Waals surface area contributed by atoms with Crippen LogP contribution in [0, 0.1) is 13.8 Å². The van der Waals surface area contributed by atoms with Gasteiger partial charge >= 0.3 is 0 Å². The highest BCUT2D eigenvalue weighted by Gasteiger charge is 2.14. The Bertz CT molecular complexity index is 429. The molecule has 4 heteroatoms. The number of amides is 1. The van der Waals surface area contributed by atoms with Crippen LogP contribution in [0.3, 0.4) is 0 Å². The molecule has 3 nitrogen and oxygen atoms in total. The Balaban J connectivity index is 2.92. The lowest BCUT2D eigenvalue weighted by molar-refractivity contribution is 0.0814. The first-order valence-electron chi connectivity index (χ1n) is 5.03. The van der Waals surface area contributed by atoms with E-state index in [4.69, 9.17) is 18.0 Å². The summed E-state index contributed by atoms with van der Waals surface area (Å²) >= 11 is 4.78. The molecule has 0 atom stereocenters. The van der Waals surface area contributed by atoms with Gasteiger partial charge in [-0.05, 0) is 25.5 Å². The van der Waals surface area contributed by atoms with Crippen LogP contribution >= 0.6 is 12.2 Å². The zero-order chi connectivity index (χ0) is 12.3. The minimum atomic E-state index is -0.0506. The molecule has 1 rings (SSSR count). The quantitative estimate of drug-likeness (QED) is 0.812. The van der Waals surface area contributed by atoms with Crippen LogP contribution < -0.4 is 5.73 Å². The van der Waals surface area contributed by atoms with Crippen molar-refractivity contribution in [3.05, 3.63) is 34.9 Å². The number of rotatable bonds is 3. The van der Waals surface area contributed by atoms with E-state index in [0.29, 0.717) is 17.1 Å². The summed E-state index contributed by atoms with van der Waals surface area (Å²) in [4.78, 5) is 13.9. The molecule has 0 heterocycles. The molecule has 0 aromatic heterocycles. The van der Waals surface area contributed by atoms with Crippen LogP contribution in [0.1, 0.15) is 21.5 Å². The van der Waals surface area contributed by atoms with Crippen LogP contribution in [0.25, 0.3) is 0 Å². The standard InChI is InChI=1S/C12H16N2OS/c1-8-4-5-10(9(2)6-8)12(15)14(3)7-11(13)16/h4-6H,7H2,1-3H3,(H2,13,16). The molecule has 2 N–H and O–H groups in total. The summed E-state index contributed by atoms with van der Waals surface area (Å²) < 4.78 is 0. The van der Waals surface area contributed by atoms with Crippen LogP contribution in [0.4, 0.5) is 0 Å². The highest BCUT2D eigenvalue weighted by Crippen LogP contribution is 2.12. The normalized spacial score (nSPS) is 9.94. The highest BCUT2D eigenvalue weighted by molar-refractivity contribution is 7.80. The maximum atomic E-state index is 12.0. The van der Waals surface area contributed by atoms with E-state index in [1.165, 1.54) is 4.90 Å². The van der Waals surface area contributed by atoms with Crippen molar-refractivity contribution < 1.29 is 4.79 Å². The van der Waals surface area contributed by atoms with Crippen molar-refractivity contribution in [2.45, 2.75) is 13.8 Å². The summed E-state index contributed by atoms with van der Waals surface area (Å²) in [5.41, 5.74) is 8.22. The van der Waals surface area contributed by atoms with Crippen molar-refractivity contribution in [1.82, 2.24) is 4.90 Å². The number of benzene rings is 1. The van der Waals surface area contributed by atoms with Gasteiger partial charge in [0.05, 0.1) is 11.5 Å². The van der Waals surface area contributed by atoms with Gasteiger partial charge in [0.1, 0.15) is 0 Å². The van der Waals surface area contributed by atoms with Crippen LogP contribution in [0.15, 0.2) is 18.2 Å². The third-order valence-electron chi connectivity index (χ3n) is 2.35. The number of nitrogens with two attached hydrogens (primary N) is 1. The van der Waals surface area contributed by atoms with Crippen molar-refractivity contribution in [2.75, 3.05) is 13.6 Å². The van der Waals surface area contributed by atoms with Crippen LogP contribution in [0.2, 0.25) is 0 Å². The number of thiocarbonyl (C=S) groups is 1. The molecule has 0 bridgehead atoms. The molecule has 86 valence electrons. The zero-order valence-corrected chi connectivity index (χ0v) is 10.6. The molecule has 0 aliphatic carbocycles. The Morgan fingerprint density at radius 1 is 1.44 bits per heavy atom. The average Bonchev–Trinajstić information content (AvgIpc) is 2.15. The van der Waals surface area contributed by atoms with E-state index in [0.717, 1.165) is 11.1 Å². The SMILES string of the molecule is Cc1ccc(C(=O)N(C)CC(N)=S)c(C)c1. The predicted molar refractivity (Wildman–Crippen MR) is 69.7 cm³/mol. The molecule has 0 spiro atoms. The molecule has 1 amide bonds. The molecule has 0 aliphatic rings. The summed E-state index contributed by atoms with van der Waals surface area (Å²) in [5, 5.41) is 0. The summed E-state index contributed by atoms with van der Waals surface area (Å²) in [7, 11) is 1.70. The van der Waals surface area contributed by atoms with Crippen molar-refractivity contribution >= 4 is 23.1 Å². The monoisotopic (exact) mass is 236 g/mol. The fourth-order valence-electron chi connectivity index (χ4n) is 1.56. The van der Waals surface area contributed by atoms with Gasteiger partial charge < -0.3 is 10.6 Å². The maximum absolute atomic E-state index is 12.0. The minimum absolute atomic E-state index is 0.0506. The lowest BCUT2D eigenvalue weighted by atomic mass is 10.0. The van der Waals surface area contributed by atoms with Gasteiger partial charge in [-0.15, -0.1) is 0 Å². The van der Waals surface area contributed by atoms with Crippen LogP contribution in [-0.4, -0.2) is 29.4 Å². The molecular weight excluding hydrogens is 220 g/mol. The number of hydrogen-bond donors (Lipinski definition) is 1. The van der Waals surface area contributed by atoms with Crippen molar-refractivity contribution in [2.24, 2.45) is 5.73 Å². The Kier molecular flexibility index (Phi) is 4.01. The Morgan fingerprint density at radius 2 is 2.06 bits per heavy atom. The topological polar surface area (TPSA) is 46.3 Å². The lowest BCUT2D eigenvalue weighted by Gasteiger charge is -2.17. The van der Waals surface area contributed by atoms with Gasteiger partial charge in [-0.3, -0.25) is 4.79 Å². The summed E-state index contributed by atoms with van der Waals surface area (Å²) in [5.74, 6) is -0.0506. The number of carbonyl (C=O) groups excluding carboxylic acids is 1. The second-order valence-corrected chi connectivity index (χ2v) is 4.47. The van der Waals surface area contributed by atoms with E-state index in [9.17, 15) is 4.79 Å². The number of aryl methyl sites for hydroxylation is 2. The molecule has 0 unspecified atom stereocenters. The summed E-state index contributed by atoms with van der Waals surface area (Å²) in [6, 6.07) is 5.75. The first-order valence-corrected chi connectivity index (χ1v) is 5.43. The van der Waals surface area contributed by atoms with Gasteiger partial charge in [0, 0.05) is 12.6 Å². The Labute approximate surface area is 101 Å². The molecule has 1 aromatic carbocycles. The maximum Gasteiger partial charge on any atom is 0.254 e. The third kappa shape index (κ3) is 3.03. The van der Waals surface area contributed by atoms with Gasteiger partial charge in [-0.25, -0.2) is 0 Å². The second kappa shape index (κ2) is 5.07. The first kappa shape index (κ1) is 12.6. The second-order valence-electron chi connectivity index (χ2n) is 3.95. The molecule has 1 aromatic rings. The fraction of sp³-hybridized carbons (Fsp3) is 0.333. The van der Waals surface area contributed by atoms with E-state index in [2.05, 4.69) is 0 Å². The molecule has 0 saturated carbocycles. The van der Waals surface area contributed by atoms with Crippen molar-refractivity contribution in [3.8, 4) is 0 Å². The molecule has 0 fully saturated rings. The highest BCUT2D eigenvalue weighted by atomic mass is 32.1. The van der Waals surface area contributed by atoms with Gasteiger partial charge in [0.25, 0.3) is 5.91 Å². The molecule has 0 radical (unpaired) electrons. The smallest absolute Gasteiger partial charge is 0.254 e. The van der Waals surface area contributed by atoms with E-state index in [1.807, 2.05) is 32.0 Å². The third-order valence-corrected chi connectivity index (χ3v) is 2.48. The molecule has 0 aliphatic heterocycles. The minimum Gasteiger partial charge on any atom is -0.392 e. The average molecular weight is 236 g/mol. The number of nitrogens with zero attached hydrogens (tertiary/aromatic N) is 1. The number of hydrogen-bond acceptors (Lipinski definition) is 2. The largest absolute Gasteiger partial charge is 0.392 e. The van der Waals surface area contributed by atoms with Crippen LogP contribution in [0.5, 0.6) is 0 Å². The van der Waals surface area contributed by atoms with E-state index < -0.39 is 0 Å². The summed E-state index contributed by atoms with van der Waals surface area (Å²) in [6.07, 6.45) is 0. The van der Waals surface area contributed by atoms with Crippen LogP contribution in [-0.2, 0) is 0 Å². The Morgan fingerprint density at radius 3 is 2.56 bits per heavy atom. The molecule has 16 heavy (non-hydrogen) atoms. The molecular formula is C12H16N2OS. The summed E-state index contributed by atoms with van der Waals surface area (Å²) in [6.45, 7) is 4.23.